The number of aromatic nitrogens is 2. The largest absolute Gasteiger partial charge is 0.331 e. The maximum atomic E-state index is 14.4. The van der Waals surface area contributed by atoms with Crippen LogP contribution >= 0.6 is 0 Å². The Morgan fingerprint density at radius 2 is 1.91 bits per heavy atom. The van der Waals surface area contributed by atoms with Crippen LogP contribution in [0.4, 0.5) is 8.78 Å². The Bertz CT molecular complexity index is 1090. The third-order valence-electron chi connectivity index (χ3n) is 5.46. The monoisotopic (exact) mass is 456 g/mol. The summed E-state index contributed by atoms with van der Waals surface area (Å²) in [7, 11) is 0. The summed E-state index contributed by atoms with van der Waals surface area (Å²) in [5.74, 6) is -0.976. The Labute approximate surface area is 194 Å². The SMILES string of the molecule is CCCNCc1ccc2c(c1)nc(CN(CC(C)C)C(=O)c1cc(F)ccc1F)n2CCC. The highest BCUT2D eigenvalue weighted by Crippen LogP contribution is 2.22. The van der Waals surface area contributed by atoms with Crippen molar-refractivity contribution in [3.05, 3.63) is 65.0 Å². The fourth-order valence-electron chi connectivity index (χ4n) is 4.00. The molecule has 2 aromatic carbocycles. The standard InChI is InChI=1S/C26H34F2N4O/c1-5-11-29-15-19-7-10-24-23(13-19)30-25(32(24)12-6-2)17-31(16-18(3)4)26(33)21-14-20(27)8-9-22(21)28/h7-10,13-14,18,29H,5-6,11-12,15-17H2,1-4H3. The van der Waals surface area contributed by atoms with Gasteiger partial charge in [0, 0.05) is 19.6 Å². The third kappa shape index (κ3) is 6.16. The fraction of sp³-hybridized carbons (Fsp3) is 0.462. The Morgan fingerprint density at radius 1 is 1.12 bits per heavy atom. The topological polar surface area (TPSA) is 50.2 Å². The smallest absolute Gasteiger partial charge is 0.257 e. The van der Waals surface area contributed by atoms with E-state index in [1.807, 2.05) is 13.8 Å². The van der Waals surface area contributed by atoms with E-state index in [0.29, 0.717) is 6.54 Å². The molecule has 0 fully saturated rings. The van der Waals surface area contributed by atoms with Crippen molar-refractivity contribution in [2.75, 3.05) is 13.1 Å². The minimum absolute atomic E-state index is 0.158. The van der Waals surface area contributed by atoms with Crippen molar-refractivity contribution < 1.29 is 13.6 Å². The van der Waals surface area contributed by atoms with Gasteiger partial charge in [0.2, 0.25) is 0 Å². The first-order valence-corrected chi connectivity index (χ1v) is 11.8. The summed E-state index contributed by atoms with van der Waals surface area (Å²) in [5.41, 5.74) is 2.79. The lowest BCUT2D eigenvalue weighted by molar-refractivity contribution is 0.0711. The predicted molar refractivity (Wildman–Crippen MR) is 128 cm³/mol. The number of nitrogens with one attached hydrogen (secondary N) is 1. The first-order valence-electron chi connectivity index (χ1n) is 11.8. The molecule has 178 valence electrons. The summed E-state index contributed by atoms with van der Waals surface area (Å²) >= 11 is 0. The quantitative estimate of drug-likeness (QED) is 0.387. The van der Waals surface area contributed by atoms with Crippen molar-refractivity contribution in [1.29, 1.82) is 0 Å². The molecule has 0 atom stereocenters. The minimum Gasteiger partial charge on any atom is -0.331 e. The first kappa shape index (κ1) is 24.8. The Morgan fingerprint density at radius 3 is 2.61 bits per heavy atom. The molecular formula is C26H34F2N4O. The van der Waals surface area contributed by atoms with Gasteiger partial charge in [0.1, 0.15) is 17.5 Å². The second kappa shape index (κ2) is 11.4. The molecule has 0 saturated carbocycles. The van der Waals surface area contributed by atoms with Crippen molar-refractivity contribution in [2.45, 2.75) is 60.2 Å². The summed E-state index contributed by atoms with van der Waals surface area (Å²) in [6.07, 6.45) is 1.98. The van der Waals surface area contributed by atoms with Crippen molar-refractivity contribution >= 4 is 16.9 Å². The van der Waals surface area contributed by atoms with Gasteiger partial charge in [-0.2, -0.15) is 0 Å². The van der Waals surface area contributed by atoms with Gasteiger partial charge < -0.3 is 14.8 Å². The van der Waals surface area contributed by atoms with Gasteiger partial charge >= 0.3 is 0 Å². The van der Waals surface area contributed by atoms with E-state index < -0.39 is 17.5 Å². The van der Waals surface area contributed by atoms with Gasteiger partial charge in [0.05, 0.1) is 23.1 Å². The number of hydrogen-bond donors (Lipinski definition) is 1. The van der Waals surface area contributed by atoms with Crippen molar-refractivity contribution in [2.24, 2.45) is 5.92 Å². The van der Waals surface area contributed by atoms with Crippen LogP contribution < -0.4 is 5.32 Å². The molecule has 1 heterocycles. The van der Waals surface area contributed by atoms with Crippen LogP contribution in [0.15, 0.2) is 36.4 Å². The summed E-state index contributed by atoms with van der Waals surface area (Å²) < 4.78 is 30.2. The van der Waals surface area contributed by atoms with E-state index in [4.69, 9.17) is 4.98 Å². The van der Waals surface area contributed by atoms with Gasteiger partial charge in [-0.3, -0.25) is 4.79 Å². The van der Waals surface area contributed by atoms with E-state index in [2.05, 4.69) is 41.9 Å². The number of carbonyl (C=O) groups excluding carboxylic acids is 1. The number of amides is 1. The first-order chi connectivity index (χ1) is 15.8. The normalized spacial score (nSPS) is 11.5. The number of carbonyl (C=O) groups is 1. The number of imidazole rings is 1. The number of fused-ring (bicyclic) bond motifs is 1. The lowest BCUT2D eigenvalue weighted by Crippen LogP contribution is -2.35. The molecule has 1 amide bonds. The summed E-state index contributed by atoms with van der Waals surface area (Å²) in [6, 6.07) is 9.24. The molecule has 0 saturated heterocycles. The predicted octanol–water partition coefficient (Wildman–Crippen LogP) is 5.52. The maximum Gasteiger partial charge on any atom is 0.257 e. The second-order valence-corrected chi connectivity index (χ2v) is 8.88. The Balaban J connectivity index is 1.96. The van der Waals surface area contributed by atoms with E-state index in [1.54, 1.807) is 4.90 Å². The number of nitrogens with zero attached hydrogens (tertiary/aromatic N) is 3. The molecule has 0 bridgehead atoms. The zero-order valence-electron chi connectivity index (χ0n) is 20.0. The molecule has 3 aromatic rings. The maximum absolute atomic E-state index is 14.4. The molecule has 5 nitrogen and oxygen atoms in total. The third-order valence-corrected chi connectivity index (χ3v) is 5.46. The minimum atomic E-state index is -0.721. The van der Waals surface area contributed by atoms with Gasteiger partial charge in [0.25, 0.3) is 5.91 Å². The van der Waals surface area contributed by atoms with Crippen molar-refractivity contribution in [1.82, 2.24) is 19.8 Å². The van der Waals surface area contributed by atoms with Gasteiger partial charge in [-0.05, 0) is 61.2 Å². The summed E-state index contributed by atoms with van der Waals surface area (Å²) in [4.78, 5) is 19.6. The zero-order valence-corrected chi connectivity index (χ0v) is 20.0. The second-order valence-electron chi connectivity index (χ2n) is 8.88. The lowest BCUT2D eigenvalue weighted by atomic mass is 10.1. The van der Waals surface area contributed by atoms with Crippen LogP contribution in [-0.4, -0.2) is 33.4 Å². The van der Waals surface area contributed by atoms with E-state index >= 15 is 0 Å². The van der Waals surface area contributed by atoms with Gasteiger partial charge in [-0.1, -0.05) is 33.8 Å². The van der Waals surface area contributed by atoms with E-state index in [0.717, 1.165) is 73.1 Å². The summed E-state index contributed by atoms with van der Waals surface area (Å²) in [5, 5.41) is 3.41. The van der Waals surface area contributed by atoms with Crippen LogP contribution in [0.25, 0.3) is 11.0 Å². The number of hydrogen-bond acceptors (Lipinski definition) is 3. The zero-order chi connectivity index (χ0) is 24.0. The highest BCUT2D eigenvalue weighted by atomic mass is 19.1. The summed E-state index contributed by atoms with van der Waals surface area (Å²) in [6.45, 7) is 11.3. The molecular weight excluding hydrogens is 422 g/mol. The van der Waals surface area contributed by atoms with Crippen LogP contribution in [-0.2, 0) is 19.6 Å². The van der Waals surface area contributed by atoms with E-state index in [1.165, 1.54) is 0 Å². The molecule has 1 aromatic heterocycles. The van der Waals surface area contributed by atoms with Crippen LogP contribution in [0.3, 0.4) is 0 Å². The van der Waals surface area contributed by atoms with Crippen molar-refractivity contribution in [3.63, 3.8) is 0 Å². The molecule has 7 heteroatoms. The van der Waals surface area contributed by atoms with Crippen LogP contribution in [0.1, 0.15) is 62.3 Å². The van der Waals surface area contributed by atoms with Gasteiger partial charge in [-0.25, -0.2) is 13.8 Å². The molecule has 1 N–H and O–H groups in total. The van der Waals surface area contributed by atoms with Gasteiger partial charge in [0.15, 0.2) is 0 Å². The molecule has 3 rings (SSSR count). The molecule has 0 radical (unpaired) electrons. The van der Waals surface area contributed by atoms with Crippen LogP contribution in [0.5, 0.6) is 0 Å². The molecule has 0 unspecified atom stereocenters. The Hall–Kier alpha value is -2.80. The van der Waals surface area contributed by atoms with E-state index in [9.17, 15) is 13.6 Å². The van der Waals surface area contributed by atoms with Crippen LogP contribution in [0, 0.1) is 17.6 Å². The highest BCUT2D eigenvalue weighted by molar-refractivity contribution is 5.94. The average Bonchev–Trinajstić information content (AvgIpc) is 3.11. The average molecular weight is 457 g/mol. The number of aryl methyl sites for hydroxylation is 1. The van der Waals surface area contributed by atoms with E-state index in [-0.39, 0.29) is 18.0 Å². The van der Waals surface area contributed by atoms with Gasteiger partial charge in [-0.15, -0.1) is 0 Å². The number of rotatable bonds is 11. The number of benzene rings is 2. The molecule has 0 aliphatic carbocycles. The fourth-order valence-corrected chi connectivity index (χ4v) is 4.00. The Kier molecular flexibility index (Phi) is 8.55. The van der Waals surface area contributed by atoms with Crippen LogP contribution in [0.2, 0.25) is 0 Å². The highest BCUT2D eigenvalue weighted by Gasteiger charge is 2.23. The lowest BCUT2D eigenvalue weighted by Gasteiger charge is -2.25. The molecule has 0 aliphatic heterocycles. The molecule has 0 aliphatic rings. The molecule has 0 spiro atoms. The molecule has 33 heavy (non-hydrogen) atoms. The number of halogens is 2. The van der Waals surface area contributed by atoms with Crippen molar-refractivity contribution in [3.8, 4) is 0 Å².